The molecule has 0 saturated heterocycles. The second kappa shape index (κ2) is 4.83. The fourth-order valence-electron chi connectivity index (χ4n) is 2.87. The van der Waals surface area contributed by atoms with Gasteiger partial charge in [0, 0.05) is 19.0 Å². The van der Waals surface area contributed by atoms with E-state index in [0.717, 1.165) is 12.8 Å². The van der Waals surface area contributed by atoms with Gasteiger partial charge in [-0.05, 0) is 24.7 Å². The lowest BCUT2D eigenvalue weighted by Crippen LogP contribution is -2.39. The van der Waals surface area contributed by atoms with E-state index < -0.39 is 0 Å². The molecule has 3 atom stereocenters. The van der Waals surface area contributed by atoms with Crippen molar-refractivity contribution in [3.63, 3.8) is 0 Å². The summed E-state index contributed by atoms with van der Waals surface area (Å²) in [5, 5.41) is 8.94. The van der Waals surface area contributed by atoms with Crippen LogP contribution < -0.4 is 0 Å². The molecule has 1 saturated carbocycles. The first kappa shape index (κ1) is 11.4. The Balaban J connectivity index is 1.99. The molecule has 0 spiro atoms. The highest BCUT2D eigenvalue weighted by atomic mass is 16.3. The largest absolute Gasteiger partial charge is 0.395 e. The summed E-state index contributed by atoms with van der Waals surface area (Å²) >= 11 is 0. The fourth-order valence-corrected chi connectivity index (χ4v) is 2.87. The van der Waals surface area contributed by atoms with Gasteiger partial charge in [0.15, 0.2) is 0 Å². The van der Waals surface area contributed by atoms with Gasteiger partial charge in [-0.2, -0.15) is 0 Å². The van der Waals surface area contributed by atoms with Crippen molar-refractivity contribution in [2.24, 2.45) is 17.8 Å². The molecule has 3 heteroatoms. The number of aliphatic hydroxyl groups excluding tert-OH is 1. The molecule has 3 nitrogen and oxygen atoms in total. The number of nitrogens with zero attached hydrogens (tertiary/aromatic N) is 1. The van der Waals surface area contributed by atoms with Crippen LogP contribution in [0.5, 0.6) is 0 Å². The molecule has 1 N–H and O–H groups in total. The van der Waals surface area contributed by atoms with E-state index in [1.54, 1.807) is 11.0 Å². The topological polar surface area (TPSA) is 40.5 Å². The van der Waals surface area contributed by atoms with Crippen LogP contribution in [0, 0.1) is 17.8 Å². The number of carbonyl (C=O) groups excluding carboxylic acids is 1. The van der Waals surface area contributed by atoms with Gasteiger partial charge in [-0.3, -0.25) is 4.79 Å². The molecule has 2 bridgehead atoms. The van der Waals surface area contributed by atoms with Gasteiger partial charge in [-0.15, -0.1) is 6.58 Å². The van der Waals surface area contributed by atoms with Crippen LogP contribution in [0.3, 0.4) is 0 Å². The molecule has 2 aliphatic rings. The Bertz CT molecular complexity index is 311. The monoisotopic (exact) mass is 221 g/mol. The van der Waals surface area contributed by atoms with Crippen molar-refractivity contribution >= 4 is 5.91 Å². The Hall–Kier alpha value is -1.09. The van der Waals surface area contributed by atoms with Crippen molar-refractivity contribution < 1.29 is 9.90 Å². The van der Waals surface area contributed by atoms with Gasteiger partial charge in [0.2, 0.25) is 5.91 Å². The van der Waals surface area contributed by atoms with Crippen LogP contribution in [0.1, 0.15) is 12.8 Å². The number of carbonyl (C=O) groups is 1. The Morgan fingerprint density at radius 2 is 2.31 bits per heavy atom. The first-order chi connectivity index (χ1) is 7.76. The number of fused-ring (bicyclic) bond motifs is 2. The molecule has 2 rings (SSSR count). The van der Waals surface area contributed by atoms with Crippen LogP contribution in [-0.4, -0.2) is 35.6 Å². The lowest BCUT2D eigenvalue weighted by atomic mass is 9.92. The first-order valence-corrected chi connectivity index (χ1v) is 5.95. The summed E-state index contributed by atoms with van der Waals surface area (Å²) in [5.41, 5.74) is 0. The standard InChI is InChI=1S/C13H19NO2/c1-2-5-14(6-7-15)13(16)12-9-10-3-4-11(12)8-10/h2-4,10-12,15H,1,5-9H2. The van der Waals surface area contributed by atoms with E-state index in [-0.39, 0.29) is 18.4 Å². The van der Waals surface area contributed by atoms with E-state index in [0.29, 0.717) is 24.9 Å². The molecule has 0 radical (unpaired) electrons. The van der Waals surface area contributed by atoms with Crippen molar-refractivity contribution in [2.45, 2.75) is 12.8 Å². The second-order valence-electron chi connectivity index (χ2n) is 4.68. The average molecular weight is 221 g/mol. The summed E-state index contributed by atoms with van der Waals surface area (Å²) in [4.78, 5) is 14.0. The summed E-state index contributed by atoms with van der Waals surface area (Å²) in [7, 11) is 0. The van der Waals surface area contributed by atoms with Crippen molar-refractivity contribution in [1.82, 2.24) is 4.90 Å². The summed E-state index contributed by atoms with van der Waals surface area (Å²) in [5.74, 6) is 1.37. The molecule has 88 valence electrons. The SMILES string of the molecule is C=CCN(CCO)C(=O)C1CC2C=CC1C2. The minimum Gasteiger partial charge on any atom is -0.395 e. The van der Waals surface area contributed by atoms with E-state index in [9.17, 15) is 4.79 Å². The van der Waals surface area contributed by atoms with Gasteiger partial charge in [0.05, 0.1) is 6.61 Å². The first-order valence-electron chi connectivity index (χ1n) is 5.95. The average Bonchev–Trinajstić information content (AvgIpc) is 2.89. The van der Waals surface area contributed by atoms with Crippen molar-refractivity contribution in [1.29, 1.82) is 0 Å². The van der Waals surface area contributed by atoms with Gasteiger partial charge < -0.3 is 10.0 Å². The van der Waals surface area contributed by atoms with Crippen molar-refractivity contribution in [2.75, 3.05) is 19.7 Å². The zero-order valence-corrected chi connectivity index (χ0v) is 9.51. The molecule has 2 aliphatic carbocycles. The van der Waals surface area contributed by atoms with E-state index in [1.807, 2.05) is 0 Å². The normalized spacial score (nSPS) is 30.7. The molecule has 16 heavy (non-hydrogen) atoms. The second-order valence-corrected chi connectivity index (χ2v) is 4.68. The van der Waals surface area contributed by atoms with Crippen LogP contribution in [-0.2, 0) is 4.79 Å². The Morgan fingerprint density at radius 1 is 1.50 bits per heavy atom. The predicted molar refractivity (Wildman–Crippen MR) is 62.7 cm³/mol. The molecule has 1 fully saturated rings. The zero-order valence-electron chi connectivity index (χ0n) is 9.51. The third kappa shape index (κ3) is 2.05. The van der Waals surface area contributed by atoms with Gasteiger partial charge in [0.25, 0.3) is 0 Å². The van der Waals surface area contributed by atoms with Crippen LogP contribution in [0.4, 0.5) is 0 Å². The maximum absolute atomic E-state index is 12.2. The summed E-state index contributed by atoms with van der Waals surface area (Å²) < 4.78 is 0. The van der Waals surface area contributed by atoms with Gasteiger partial charge in [-0.1, -0.05) is 18.2 Å². The van der Waals surface area contributed by atoms with E-state index in [1.165, 1.54) is 0 Å². The third-order valence-electron chi connectivity index (χ3n) is 3.63. The number of amides is 1. The van der Waals surface area contributed by atoms with E-state index >= 15 is 0 Å². The number of hydrogen-bond donors (Lipinski definition) is 1. The highest BCUT2D eigenvalue weighted by molar-refractivity contribution is 5.80. The van der Waals surface area contributed by atoms with Crippen LogP contribution >= 0.6 is 0 Å². The Kier molecular flexibility index (Phi) is 3.44. The summed E-state index contributed by atoms with van der Waals surface area (Å²) in [6.07, 6.45) is 8.26. The molecule has 0 aromatic rings. The number of allylic oxidation sites excluding steroid dienone is 2. The van der Waals surface area contributed by atoms with E-state index in [4.69, 9.17) is 5.11 Å². The number of rotatable bonds is 5. The maximum atomic E-state index is 12.2. The molecule has 0 heterocycles. The van der Waals surface area contributed by atoms with E-state index in [2.05, 4.69) is 18.7 Å². The van der Waals surface area contributed by atoms with Gasteiger partial charge in [0.1, 0.15) is 0 Å². The minimum absolute atomic E-state index is 0.0240. The van der Waals surface area contributed by atoms with Crippen LogP contribution in [0.2, 0.25) is 0 Å². The molecule has 0 aromatic carbocycles. The van der Waals surface area contributed by atoms with Gasteiger partial charge >= 0.3 is 0 Å². The van der Waals surface area contributed by atoms with Crippen molar-refractivity contribution in [3.8, 4) is 0 Å². The zero-order chi connectivity index (χ0) is 11.5. The van der Waals surface area contributed by atoms with Crippen LogP contribution in [0.15, 0.2) is 24.8 Å². The smallest absolute Gasteiger partial charge is 0.226 e. The van der Waals surface area contributed by atoms with Crippen molar-refractivity contribution in [3.05, 3.63) is 24.8 Å². The fraction of sp³-hybridized carbons (Fsp3) is 0.615. The molecule has 0 aliphatic heterocycles. The third-order valence-corrected chi connectivity index (χ3v) is 3.63. The highest BCUT2D eigenvalue weighted by Gasteiger charge is 2.41. The van der Waals surface area contributed by atoms with Gasteiger partial charge in [-0.25, -0.2) is 0 Å². The summed E-state index contributed by atoms with van der Waals surface area (Å²) in [6.45, 7) is 4.63. The molecule has 1 amide bonds. The van der Waals surface area contributed by atoms with Crippen LogP contribution in [0.25, 0.3) is 0 Å². The lowest BCUT2D eigenvalue weighted by Gasteiger charge is -2.26. The maximum Gasteiger partial charge on any atom is 0.226 e. The molecule has 0 aromatic heterocycles. The number of aliphatic hydroxyl groups is 1. The lowest BCUT2D eigenvalue weighted by molar-refractivity contribution is -0.136. The molecule has 3 unspecified atom stereocenters. The molecular formula is C13H19NO2. The Labute approximate surface area is 96.4 Å². The minimum atomic E-state index is 0.0240. The highest BCUT2D eigenvalue weighted by Crippen LogP contribution is 2.44. The molecular weight excluding hydrogens is 202 g/mol. The quantitative estimate of drug-likeness (QED) is 0.709. The Morgan fingerprint density at radius 3 is 2.81 bits per heavy atom. The summed E-state index contributed by atoms with van der Waals surface area (Å²) in [6, 6.07) is 0. The predicted octanol–water partition coefficient (Wildman–Crippen LogP) is 1.21. The number of hydrogen-bond acceptors (Lipinski definition) is 2.